The van der Waals surface area contributed by atoms with Gasteiger partial charge in [-0.2, -0.15) is 4.99 Å². The summed E-state index contributed by atoms with van der Waals surface area (Å²) in [6.45, 7) is 0. The van der Waals surface area contributed by atoms with Gasteiger partial charge >= 0.3 is 5.97 Å². The van der Waals surface area contributed by atoms with Crippen LogP contribution in [0.2, 0.25) is 0 Å². The lowest BCUT2D eigenvalue weighted by molar-refractivity contribution is -0.138. The van der Waals surface area contributed by atoms with E-state index in [4.69, 9.17) is 16.6 Å². The van der Waals surface area contributed by atoms with Crippen molar-refractivity contribution in [2.45, 2.75) is 18.5 Å². The van der Waals surface area contributed by atoms with Gasteiger partial charge in [0.1, 0.15) is 6.04 Å². The molecular weight excluding hydrogens is 240 g/mol. The first-order chi connectivity index (χ1) is 8.47. The lowest BCUT2D eigenvalue weighted by Gasteiger charge is -2.26. The van der Waals surface area contributed by atoms with Crippen LogP contribution in [-0.2, 0) is 9.59 Å². The molecule has 9 nitrogen and oxygen atoms in total. The van der Waals surface area contributed by atoms with E-state index in [0.717, 1.165) is 0 Å². The normalized spacial score (nSPS) is 23.7. The molecule has 2 atom stereocenters. The predicted octanol–water partition coefficient (Wildman–Crippen LogP) is -2.56. The van der Waals surface area contributed by atoms with Crippen molar-refractivity contribution in [2.24, 2.45) is 21.5 Å². The van der Waals surface area contributed by atoms with Crippen molar-refractivity contribution in [3.8, 4) is 0 Å². The highest BCUT2D eigenvalue weighted by atomic mass is 16.4. The van der Waals surface area contributed by atoms with Crippen molar-refractivity contribution in [3.63, 3.8) is 0 Å². The van der Waals surface area contributed by atoms with Crippen molar-refractivity contribution in [1.82, 2.24) is 10.6 Å². The molecule has 0 fully saturated rings. The highest BCUT2D eigenvalue weighted by molar-refractivity contribution is 6.19. The first-order valence-corrected chi connectivity index (χ1v) is 5.14. The van der Waals surface area contributed by atoms with Crippen molar-refractivity contribution in [1.29, 1.82) is 0 Å². The van der Waals surface area contributed by atoms with Crippen LogP contribution >= 0.6 is 0 Å². The average Bonchev–Trinajstić information content (AvgIpc) is 2.29. The predicted molar refractivity (Wildman–Crippen MR) is 62.4 cm³/mol. The zero-order valence-corrected chi connectivity index (χ0v) is 9.25. The molecule has 0 saturated carbocycles. The monoisotopic (exact) mass is 252 g/mol. The second-order valence-electron chi connectivity index (χ2n) is 3.85. The molecule has 0 aromatic rings. The van der Waals surface area contributed by atoms with Gasteiger partial charge in [-0.15, -0.1) is 0 Å². The Morgan fingerprint density at radius 1 is 1.61 bits per heavy atom. The van der Waals surface area contributed by atoms with Gasteiger partial charge in [-0.3, -0.25) is 14.9 Å². The number of aliphatic carboxylic acids is 1. The van der Waals surface area contributed by atoms with Crippen molar-refractivity contribution in [2.75, 3.05) is 0 Å². The maximum absolute atomic E-state index is 11.6. The largest absolute Gasteiger partial charge is 0.480 e. The first kappa shape index (κ1) is 12.0. The highest BCUT2D eigenvalue weighted by Crippen LogP contribution is 2.11. The van der Waals surface area contributed by atoms with Crippen LogP contribution in [0.5, 0.6) is 0 Å². The van der Waals surface area contributed by atoms with E-state index in [9.17, 15) is 9.59 Å². The van der Waals surface area contributed by atoms with Crippen LogP contribution in [0.25, 0.3) is 0 Å². The number of nitrogens with zero attached hydrogens (tertiary/aromatic N) is 2. The second-order valence-corrected chi connectivity index (χ2v) is 3.85. The lowest BCUT2D eigenvalue weighted by atomic mass is 10.1. The third-order valence-electron chi connectivity index (χ3n) is 2.45. The van der Waals surface area contributed by atoms with Gasteiger partial charge in [0.25, 0.3) is 5.91 Å². The molecule has 1 amide bonds. The van der Waals surface area contributed by atoms with Crippen molar-refractivity contribution >= 4 is 23.7 Å². The number of aliphatic imine (C=N–C) groups is 2. The number of guanidine groups is 1. The molecule has 2 aliphatic heterocycles. The fraction of sp³-hybridized carbons (Fsp3) is 0.333. The summed E-state index contributed by atoms with van der Waals surface area (Å²) in [5, 5.41) is 13.9. The number of amidine groups is 1. The van der Waals surface area contributed by atoms with Gasteiger partial charge in [0.05, 0.1) is 0 Å². The Balaban J connectivity index is 2.15. The summed E-state index contributed by atoms with van der Waals surface area (Å²) in [7, 11) is 0. The topological polar surface area (TPSA) is 155 Å². The van der Waals surface area contributed by atoms with Crippen LogP contribution in [0.1, 0.15) is 6.42 Å². The molecular formula is C9H12N6O3. The van der Waals surface area contributed by atoms with E-state index in [-0.39, 0.29) is 18.2 Å². The Labute approximate surface area is 102 Å². The van der Waals surface area contributed by atoms with Gasteiger partial charge in [-0.25, -0.2) is 4.99 Å². The molecule has 0 saturated heterocycles. The number of carboxylic acid groups (broad SMARTS) is 1. The summed E-state index contributed by atoms with van der Waals surface area (Å²) in [4.78, 5) is 30.1. The smallest absolute Gasteiger partial charge is 0.320 e. The standard InChI is InChI=1S/C9H12N6O3/c10-4(8(17)18)1-3-2-12-6-5(13-3)7(16)15-9(11)14-6/h2,4-5,13H,1,10H2,(H,17,18)(H3,11,12,14,15,16). The molecule has 96 valence electrons. The maximum atomic E-state index is 11.6. The van der Waals surface area contributed by atoms with E-state index in [0.29, 0.717) is 5.70 Å². The van der Waals surface area contributed by atoms with Gasteiger partial charge in [0, 0.05) is 18.3 Å². The van der Waals surface area contributed by atoms with E-state index in [1.807, 2.05) is 0 Å². The maximum Gasteiger partial charge on any atom is 0.320 e. The molecule has 7 N–H and O–H groups in total. The van der Waals surface area contributed by atoms with Crippen LogP contribution in [0.3, 0.4) is 0 Å². The quantitative estimate of drug-likeness (QED) is 0.372. The van der Waals surface area contributed by atoms with Gasteiger partial charge in [-0.1, -0.05) is 0 Å². The Kier molecular flexibility index (Phi) is 2.98. The number of carboxylic acids is 1. The fourth-order valence-electron chi connectivity index (χ4n) is 1.57. The molecule has 0 radical (unpaired) electrons. The summed E-state index contributed by atoms with van der Waals surface area (Å²) in [5.41, 5.74) is 11.2. The average molecular weight is 252 g/mol. The minimum Gasteiger partial charge on any atom is -0.480 e. The van der Waals surface area contributed by atoms with Crippen LogP contribution in [0, 0.1) is 0 Å². The minimum absolute atomic E-state index is 0.0177. The molecule has 0 aliphatic carbocycles. The molecule has 0 aromatic heterocycles. The van der Waals surface area contributed by atoms with E-state index in [1.165, 1.54) is 6.20 Å². The van der Waals surface area contributed by atoms with E-state index in [1.54, 1.807) is 0 Å². The van der Waals surface area contributed by atoms with E-state index in [2.05, 4.69) is 20.6 Å². The highest BCUT2D eigenvalue weighted by Gasteiger charge is 2.32. The Morgan fingerprint density at radius 3 is 3.00 bits per heavy atom. The number of rotatable bonds is 3. The molecule has 2 aliphatic rings. The second kappa shape index (κ2) is 4.45. The number of carbonyl (C=O) groups excluding carboxylic acids is 1. The van der Waals surface area contributed by atoms with Crippen LogP contribution in [0.15, 0.2) is 21.9 Å². The zero-order chi connectivity index (χ0) is 13.3. The number of nitrogens with two attached hydrogens (primary N) is 2. The number of hydrogen-bond donors (Lipinski definition) is 5. The fourth-order valence-corrected chi connectivity index (χ4v) is 1.57. The van der Waals surface area contributed by atoms with Crippen LogP contribution < -0.4 is 22.1 Å². The van der Waals surface area contributed by atoms with E-state index < -0.39 is 24.0 Å². The third kappa shape index (κ3) is 2.30. The molecule has 2 unspecified atom stereocenters. The SMILES string of the molecule is NC1=NC2=NC=C(CC(N)C(=O)O)NC2C(=O)N1. The zero-order valence-electron chi connectivity index (χ0n) is 9.25. The van der Waals surface area contributed by atoms with Gasteiger partial charge < -0.3 is 21.9 Å². The third-order valence-corrected chi connectivity index (χ3v) is 2.45. The van der Waals surface area contributed by atoms with E-state index >= 15 is 0 Å². The summed E-state index contributed by atoms with van der Waals surface area (Å²) < 4.78 is 0. The number of nitrogens with one attached hydrogen (secondary N) is 2. The molecule has 0 aromatic carbocycles. The summed E-state index contributed by atoms with van der Waals surface area (Å²) in [5.74, 6) is -1.29. The molecule has 18 heavy (non-hydrogen) atoms. The summed E-state index contributed by atoms with van der Waals surface area (Å²) in [6, 6.07) is -1.82. The van der Waals surface area contributed by atoms with Gasteiger partial charge in [0.2, 0.25) is 5.96 Å². The number of fused-ring (bicyclic) bond motifs is 1. The summed E-state index contributed by atoms with van der Waals surface area (Å²) in [6.07, 6.45) is 1.44. The Bertz CT molecular complexity index is 495. The Hall–Kier alpha value is -2.42. The molecule has 2 heterocycles. The van der Waals surface area contributed by atoms with Gasteiger partial charge in [0.15, 0.2) is 11.9 Å². The van der Waals surface area contributed by atoms with Crippen molar-refractivity contribution in [3.05, 3.63) is 11.9 Å². The molecule has 9 heteroatoms. The number of carbonyl (C=O) groups is 2. The Morgan fingerprint density at radius 2 is 2.33 bits per heavy atom. The number of hydrogen-bond acceptors (Lipinski definition) is 7. The minimum atomic E-state index is -1.12. The lowest BCUT2D eigenvalue weighted by Crippen LogP contribution is -2.57. The molecule has 0 bridgehead atoms. The summed E-state index contributed by atoms with van der Waals surface area (Å²) >= 11 is 0. The van der Waals surface area contributed by atoms with Gasteiger partial charge in [-0.05, 0) is 0 Å². The van der Waals surface area contributed by atoms with Crippen molar-refractivity contribution < 1.29 is 14.7 Å². The number of amides is 1. The molecule has 2 rings (SSSR count). The van der Waals surface area contributed by atoms with Crippen LogP contribution in [-0.4, -0.2) is 40.9 Å². The van der Waals surface area contributed by atoms with Crippen LogP contribution in [0.4, 0.5) is 0 Å². The first-order valence-electron chi connectivity index (χ1n) is 5.14. The molecule has 0 spiro atoms.